The van der Waals surface area contributed by atoms with Gasteiger partial charge in [0.25, 0.3) is 0 Å². The number of piperazine rings is 1. The molecule has 1 unspecified atom stereocenters. The van der Waals surface area contributed by atoms with Gasteiger partial charge in [0.1, 0.15) is 0 Å². The zero-order valence-corrected chi connectivity index (χ0v) is 11.7. The monoisotopic (exact) mass is 263 g/mol. The fourth-order valence-electron chi connectivity index (χ4n) is 2.54. The Bertz CT molecular complexity index is 442. The van der Waals surface area contributed by atoms with E-state index in [1.807, 2.05) is 12.1 Å². The summed E-state index contributed by atoms with van der Waals surface area (Å²) in [4.78, 5) is 19.2. The van der Waals surface area contributed by atoms with Crippen molar-refractivity contribution < 1.29 is 9.90 Å². The number of aromatic nitrogens is 1. The molecule has 5 heteroatoms. The van der Waals surface area contributed by atoms with Gasteiger partial charge >= 0.3 is 6.09 Å². The van der Waals surface area contributed by atoms with Crippen molar-refractivity contribution >= 4 is 11.8 Å². The lowest BCUT2D eigenvalue weighted by molar-refractivity contribution is 0.0748. The maximum atomic E-state index is 11.4. The van der Waals surface area contributed by atoms with E-state index in [0.717, 1.165) is 18.8 Å². The number of hydrogen-bond acceptors (Lipinski definition) is 3. The second-order valence-electron chi connectivity index (χ2n) is 6.01. The number of carbonyl (C=O) groups is 1. The van der Waals surface area contributed by atoms with Crippen LogP contribution in [0.3, 0.4) is 0 Å². The third kappa shape index (κ3) is 2.97. The summed E-state index contributed by atoms with van der Waals surface area (Å²) in [7, 11) is 0. The van der Waals surface area contributed by atoms with E-state index in [0.29, 0.717) is 6.54 Å². The lowest BCUT2D eigenvalue weighted by Crippen LogP contribution is -2.59. The Morgan fingerprint density at radius 3 is 2.47 bits per heavy atom. The van der Waals surface area contributed by atoms with E-state index in [1.165, 1.54) is 0 Å². The number of pyridine rings is 1. The fourth-order valence-corrected chi connectivity index (χ4v) is 2.54. The summed E-state index contributed by atoms with van der Waals surface area (Å²) in [6, 6.07) is 3.93. The van der Waals surface area contributed by atoms with Gasteiger partial charge in [-0.2, -0.15) is 0 Å². The highest BCUT2D eigenvalue weighted by Crippen LogP contribution is 2.29. The number of hydrogen-bond donors (Lipinski definition) is 1. The van der Waals surface area contributed by atoms with Crippen LogP contribution in [0.4, 0.5) is 10.5 Å². The highest BCUT2D eigenvalue weighted by molar-refractivity contribution is 5.66. The highest BCUT2D eigenvalue weighted by atomic mass is 16.4. The van der Waals surface area contributed by atoms with Crippen molar-refractivity contribution in [2.75, 3.05) is 24.5 Å². The Labute approximate surface area is 113 Å². The summed E-state index contributed by atoms with van der Waals surface area (Å²) in [5.74, 6) is 0. The standard InChI is InChI=1S/C14H21N3O2/c1-14(2,3)12-10-16(8-9-17(12)13(18)19)11-4-6-15-7-5-11/h4-7,12H,8-10H2,1-3H3,(H,18,19). The second-order valence-corrected chi connectivity index (χ2v) is 6.01. The largest absolute Gasteiger partial charge is 0.465 e. The van der Waals surface area contributed by atoms with Crippen LogP contribution in [0.15, 0.2) is 24.5 Å². The van der Waals surface area contributed by atoms with Crippen LogP contribution < -0.4 is 4.90 Å². The zero-order valence-electron chi connectivity index (χ0n) is 11.7. The number of nitrogens with zero attached hydrogens (tertiary/aromatic N) is 3. The molecule has 1 aromatic heterocycles. The van der Waals surface area contributed by atoms with Crippen LogP contribution in [0.25, 0.3) is 0 Å². The summed E-state index contributed by atoms with van der Waals surface area (Å²) in [6.45, 7) is 8.25. The number of carboxylic acid groups (broad SMARTS) is 1. The number of amides is 1. The topological polar surface area (TPSA) is 56.7 Å². The molecule has 1 N–H and O–H groups in total. The molecule has 0 aliphatic carbocycles. The third-order valence-corrected chi connectivity index (χ3v) is 3.65. The van der Waals surface area contributed by atoms with Crippen molar-refractivity contribution in [3.05, 3.63) is 24.5 Å². The lowest BCUT2D eigenvalue weighted by Gasteiger charge is -2.46. The Hall–Kier alpha value is -1.78. The van der Waals surface area contributed by atoms with Gasteiger partial charge in [-0.3, -0.25) is 4.98 Å². The molecule has 104 valence electrons. The molecular weight excluding hydrogens is 242 g/mol. The van der Waals surface area contributed by atoms with Crippen molar-refractivity contribution in [2.45, 2.75) is 26.8 Å². The van der Waals surface area contributed by atoms with E-state index in [2.05, 4.69) is 30.7 Å². The second kappa shape index (κ2) is 5.07. The van der Waals surface area contributed by atoms with Crippen molar-refractivity contribution in [3.8, 4) is 0 Å². The Kier molecular flexibility index (Phi) is 3.64. The van der Waals surface area contributed by atoms with E-state index in [4.69, 9.17) is 0 Å². The van der Waals surface area contributed by atoms with E-state index in [9.17, 15) is 9.90 Å². The minimum absolute atomic E-state index is 0.00749. The van der Waals surface area contributed by atoms with Gasteiger partial charge in [0.15, 0.2) is 0 Å². The molecule has 0 bridgehead atoms. The maximum absolute atomic E-state index is 11.4. The predicted octanol–water partition coefficient (Wildman–Crippen LogP) is 2.30. The highest BCUT2D eigenvalue weighted by Gasteiger charge is 2.37. The molecule has 1 aliphatic heterocycles. The molecule has 1 aromatic rings. The molecule has 0 saturated carbocycles. The predicted molar refractivity (Wildman–Crippen MR) is 74.4 cm³/mol. The van der Waals surface area contributed by atoms with E-state index < -0.39 is 6.09 Å². The zero-order chi connectivity index (χ0) is 14.0. The van der Waals surface area contributed by atoms with Gasteiger partial charge in [-0.05, 0) is 17.5 Å². The molecule has 1 saturated heterocycles. The molecule has 0 spiro atoms. The first kappa shape index (κ1) is 13.6. The van der Waals surface area contributed by atoms with Crippen LogP contribution in [0.5, 0.6) is 0 Å². The van der Waals surface area contributed by atoms with Crippen LogP contribution in [-0.2, 0) is 0 Å². The lowest BCUT2D eigenvalue weighted by atomic mass is 9.84. The van der Waals surface area contributed by atoms with E-state index in [1.54, 1.807) is 17.3 Å². The molecule has 2 heterocycles. The first-order valence-electron chi connectivity index (χ1n) is 6.54. The quantitative estimate of drug-likeness (QED) is 0.844. The van der Waals surface area contributed by atoms with E-state index in [-0.39, 0.29) is 11.5 Å². The van der Waals surface area contributed by atoms with Gasteiger partial charge < -0.3 is 14.9 Å². The van der Waals surface area contributed by atoms with Crippen molar-refractivity contribution in [2.24, 2.45) is 5.41 Å². The van der Waals surface area contributed by atoms with Crippen LogP contribution in [0.1, 0.15) is 20.8 Å². The van der Waals surface area contributed by atoms with Crippen molar-refractivity contribution in [3.63, 3.8) is 0 Å². The van der Waals surface area contributed by atoms with Crippen LogP contribution in [0.2, 0.25) is 0 Å². The number of anilines is 1. The van der Waals surface area contributed by atoms with Crippen LogP contribution >= 0.6 is 0 Å². The van der Waals surface area contributed by atoms with Gasteiger partial charge in [0.05, 0.1) is 6.04 Å². The summed E-state index contributed by atoms with van der Waals surface area (Å²) < 4.78 is 0. The smallest absolute Gasteiger partial charge is 0.407 e. The number of rotatable bonds is 1. The van der Waals surface area contributed by atoms with Crippen LogP contribution in [0, 0.1) is 5.41 Å². The van der Waals surface area contributed by atoms with Crippen molar-refractivity contribution in [1.82, 2.24) is 9.88 Å². The summed E-state index contributed by atoms with van der Waals surface area (Å²) >= 11 is 0. The normalized spacial score (nSPS) is 20.5. The Morgan fingerprint density at radius 1 is 1.32 bits per heavy atom. The molecular formula is C14H21N3O2. The minimum Gasteiger partial charge on any atom is -0.465 e. The van der Waals surface area contributed by atoms with Gasteiger partial charge in [-0.15, -0.1) is 0 Å². The molecule has 1 aliphatic rings. The first-order valence-corrected chi connectivity index (χ1v) is 6.54. The molecule has 0 aromatic carbocycles. The molecule has 2 rings (SSSR count). The molecule has 0 radical (unpaired) electrons. The molecule has 1 amide bonds. The van der Waals surface area contributed by atoms with Gasteiger partial charge in [-0.25, -0.2) is 4.79 Å². The Morgan fingerprint density at radius 2 is 1.95 bits per heavy atom. The molecule has 5 nitrogen and oxygen atoms in total. The first-order chi connectivity index (χ1) is 8.89. The van der Waals surface area contributed by atoms with Gasteiger partial charge in [-0.1, -0.05) is 20.8 Å². The summed E-state index contributed by atoms with van der Waals surface area (Å²) in [5, 5.41) is 9.33. The Balaban J connectivity index is 2.20. The fraction of sp³-hybridized carbons (Fsp3) is 0.571. The summed E-state index contributed by atoms with van der Waals surface area (Å²) in [6.07, 6.45) is 2.71. The van der Waals surface area contributed by atoms with Crippen LogP contribution in [-0.4, -0.2) is 46.8 Å². The summed E-state index contributed by atoms with van der Waals surface area (Å²) in [5.41, 5.74) is 1.03. The minimum atomic E-state index is -0.825. The average Bonchev–Trinajstić information content (AvgIpc) is 2.38. The average molecular weight is 263 g/mol. The molecule has 1 atom stereocenters. The van der Waals surface area contributed by atoms with Gasteiger partial charge in [0, 0.05) is 37.7 Å². The van der Waals surface area contributed by atoms with E-state index >= 15 is 0 Å². The molecule has 19 heavy (non-hydrogen) atoms. The maximum Gasteiger partial charge on any atom is 0.407 e. The SMILES string of the molecule is CC(C)(C)C1CN(c2ccncc2)CCN1C(=O)O. The van der Waals surface area contributed by atoms with Gasteiger partial charge in [0.2, 0.25) is 0 Å². The molecule has 1 fully saturated rings. The van der Waals surface area contributed by atoms with Crippen molar-refractivity contribution in [1.29, 1.82) is 0 Å². The third-order valence-electron chi connectivity index (χ3n) is 3.65.